The normalized spacial score (nSPS) is 29.6. The summed E-state index contributed by atoms with van der Waals surface area (Å²) in [5.74, 6) is 0. The Morgan fingerprint density at radius 3 is 2.54 bits per heavy atom. The van der Waals surface area contributed by atoms with Crippen molar-refractivity contribution in [2.45, 2.75) is 18.9 Å². The third kappa shape index (κ3) is 1.59. The second-order valence-electron chi connectivity index (χ2n) is 3.47. The van der Waals surface area contributed by atoms with Gasteiger partial charge in [-0.05, 0) is 12.8 Å². The summed E-state index contributed by atoms with van der Waals surface area (Å²) < 4.78 is 26.3. The van der Waals surface area contributed by atoms with Gasteiger partial charge in [-0.15, -0.1) is 0 Å². The zero-order valence-electron chi connectivity index (χ0n) is 7.39. The van der Waals surface area contributed by atoms with E-state index in [0.717, 1.165) is 12.8 Å². The number of nitrogens with zero attached hydrogens (tertiary/aromatic N) is 2. The molecule has 6 heteroatoms. The van der Waals surface area contributed by atoms with E-state index < -0.39 is 10.2 Å². The first-order chi connectivity index (χ1) is 6.16. The summed E-state index contributed by atoms with van der Waals surface area (Å²) in [5, 5.41) is 8.67. The molecule has 1 saturated carbocycles. The van der Waals surface area contributed by atoms with Crippen LogP contribution in [0.2, 0.25) is 0 Å². The zero-order chi connectivity index (χ0) is 9.47. The van der Waals surface area contributed by atoms with Crippen LogP contribution in [0, 0.1) is 0 Å². The van der Waals surface area contributed by atoms with E-state index >= 15 is 0 Å². The maximum atomic E-state index is 11.7. The molecule has 0 amide bonds. The van der Waals surface area contributed by atoms with Crippen LogP contribution in [0.5, 0.6) is 0 Å². The van der Waals surface area contributed by atoms with Crippen LogP contribution in [0.15, 0.2) is 0 Å². The number of β-amino-alcohol motifs (C(OH)–C–C–N with tert-alkyl or cyclic N) is 1. The van der Waals surface area contributed by atoms with Gasteiger partial charge in [-0.1, -0.05) is 0 Å². The molecule has 1 aliphatic heterocycles. The lowest BCUT2D eigenvalue weighted by Gasteiger charge is -2.16. The Morgan fingerprint density at radius 1 is 1.31 bits per heavy atom. The topological polar surface area (TPSA) is 60.9 Å². The minimum atomic E-state index is -3.22. The van der Waals surface area contributed by atoms with E-state index in [0.29, 0.717) is 13.1 Å². The molecule has 0 atom stereocenters. The molecule has 0 unspecified atom stereocenters. The minimum Gasteiger partial charge on any atom is -0.395 e. The number of hydrogen-bond donors (Lipinski definition) is 1. The van der Waals surface area contributed by atoms with Crippen LogP contribution in [-0.2, 0) is 10.2 Å². The van der Waals surface area contributed by atoms with Gasteiger partial charge in [0.1, 0.15) is 0 Å². The fourth-order valence-electron chi connectivity index (χ4n) is 1.66. The van der Waals surface area contributed by atoms with Gasteiger partial charge in [0.05, 0.1) is 6.61 Å². The van der Waals surface area contributed by atoms with Gasteiger partial charge in [-0.2, -0.15) is 17.0 Å². The molecular weight excluding hydrogens is 192 g/mol. The van der Waals surface area contributed by atoms with E-state index in [1.807, 2.05) is 0 Å². The van der Waals surface area contributed by atoms with Crippen molar-refractivity contribution in [3.05, 3.63) is 0 Å². The predicted molar refractivity (Wildman–Crippen MR) is 47.3 cm³/mol. The molecule has 1 N–H and O–H groups in total. The number of aliphatic hydroxyl groups is 1. The van der Waals surface area contributed by atoms with Gasteiger partial charge in [-0.3, -0.25) is 0 Å². The van der Waals surface area contributed by atoms with E-state index in [4.69, 9.17) is 5.11 Å². The Hall–Kier alpha value is -0.170. The highest BCUT2D eigenvalue weighted by molar-refractivity contribution is 7.87. The molecule has 0 spiro atoms. The Labute approximate surface area is 78.1 Å². The lowest BCUT2D eigenvalue weighted by molar-refractivity contribution is 0.260. The fourth-order valence-corrected chi connectivity index (χ4v) is 3.48. The standard InChI is InChI=1S/C7H14N2O3S/c10-6-5-8-3-4-9(7-1-2-7)13(8,11)12/h7,10H,1-6H2. The van der Waals surface area contributed by atoms with Crippen molar-refractivity contribution in [2.75, 3.05) is 26.2 Å². The molecule has 1 heterocycles. The summed E-state index contributed by atoms with van der Waals surface area (Å²) in [7, 11) is -3.22. The summed E-state index contributed by atoms with van der Waals surface area (Å²) in [6.45, 7) is 1.25. The van der Waals surface area contributed by atoms with Crippen molar-refractivity contribution in [1.82, 2.24) is 8.61 Å². The van der Waals surface area contributed by atoms with Crippen molar-refractivity contribution in [2.24, 2.45) is 0 Å². The summed E-state index contributed by atoms with van der Waals surface area (Å²) in [6, 6.07) is 0.244. The highest BCUT2D eigenvalue weighted by atomic mass is 32.2. The van der Waals surface area contributed by atoms with Crippen molar-refractivity contribution in [3.63, 3.8) is 0 Å². The summed E-state index contributed by atoms with van der Waals surface area (Å²) in [5.41, 5.74) is 0. The molecule has 5 nitrogen and oxygen atoms in total. The van der Waals surface area contributed by atoms with Crippen molar-refractivity contribution >= 4 is 10.2 Å². The van der Waals surface area contributed by atoms with Gasteiger partial charge < -0.3 is 5.11 Å². The average molecular weight is 206 g/mol. The molecule has 2 aliphatic rings. The smallest absolute Gasteiger partial charge is 0.282 e. The van der Waals surface area contributed by atoms with E-state index in [-0.39, 0.29) is 19.2 Å². The largest absolute Gasteiger partial charge is 0.395 e. The Kier molecular flexibility index (Phi) is 2.31. The first kappa shape index (κ1) is 9.39. The third-order valence-electron chi connectivity index (χ3n) is 2.50. The van der Waals surface area contributed by atoms with Crippen molar-refractivity contribution in [3.8, 4) is 0 Å². The van der Waals surface area contributed by atoms with Gasteiger partial charge in [0.2, 0.25) is 0 Å². The molecule has 0 radical (unpaired) electrons. The summed E-state index contributed by atoms with van der Waals surface area (Å²) in [6.07, 6.45) is 1.98. The molecule has 0 bridgehead atoms. The maximum absolute atomic E-state index is 11.7. The van der Waals surface area contributed by atoms with Crippen LogP contribution in [0.25, 0.3) is 0 Å². The van der Waals surface area contributed by atoms with Gasteiger partial charge in [-0.25, -0.2) is 0 Å². The van der Waals surface area contributed by atoms with Crippen LogP contribution in [-0.4, -0.2) is 54.4 Å². The third-order valence-corrected chi connectivity index (χ3v) is 4.59. The van der Waals surface area contributed by atoms with Crippen LogP contribution < -0.4 is 0 Å². The van der Waals surface area contributed by atoms with Gasteiger partial charge in [0.15, 0.2) is 0 Å². The second-order valence-corrected chi connectivity index (χ2v) is 5.35. The molecule has 1 saturated heterocycles. The van der Waals surface area contributed by atoms with E-state index in [1.54, 1.807) is 4.31 Å². The number of hydrogen-bond acceptors (Lipinski definition) is 3. The molecule has 2 rings (SSSR count). The van der Waals surface area contributed by atoms with E-state index in [9.17, 15) is 8.42 Å². The van der Waals surface area contributed by atoms with Crippen molar-refractivity contribution in [1.29, 1.82) is 0 Å². The second kappa shape index (κ2) is 3.20. The van der Waals surface area contributed by atoms with Crippen LogP contribution in [0.3, 0.4) is 0 Å². The molecule has 2 fully saturated rings. The Bertz CT molecular complexity index is 286. The van der Waals surface area contributed by atoms with E-state index in [2.05, 4.69) is 0 Å². The van der Waals surface area contributed by atoms with Crippen LogP contribution >= 0.6 is 0 Å². The highest BCUT2D eigenvalue weighted by Crippen LogP contribution is 2.32. The maximum Gasteiger partial charge on any atom is 0.282 e. The molecular formula is C7H14N2O3S. The molecule has 0 aromatic carbocycles. The molecule has 0 aromatic heterocycles. The molecule has 13 heavy (non-hydrogen) atoms. The first-order valence-electron chi connectivity index (χ1n) is 4.54. The van der Waals surface area contributed by atoms with Crippen LogP contribution in [0.1, 0.15) is 12.8 Å². The minimum absolute atomic E-state index is 0.0995. The SMILES string of the molecule is O=S1(=O)N(CCO)CCN1C1CC1. The molecule has 1 aliphatic carbocycles. The first-order valence-corrected chi connectivity index (χ1v) is 5.94. The summed E-state index contributed by atoms with van der Waals surface area (Å²) >= 11 is 0. The Morgan fingerprint density at radius 2 is 2.00 bits per heavy atom. The zero-order valence-corrected chi connectivity index (χ0v) is 8.20. The average Bonchev–Trinajstić information content (AvgIpc) is 2.82. The predicted octanol–water partition coefficient (Wildman–Crippen LogP) is -0.996. The number of aliphatic hydroxyl groups excluding tert-OH is 1. The quantitative estimate of drug-likeness (QED) is 0.644. The van der Waals surface area contributed by atoms with Gasteiger partial charge in [0.25, 0.3) is 10.2 Å². The highest BCUT2D eigenvalue weighted by Gasteiger charge is 2.44. The summed E-state index contributed by atoms with van der Waals surface area (Å²) in [4.78, 5) is 0. The van der Waals surface area contributed by atoms with Gasteiger partial charge >= 0.3 is 0 Å². The van der Waals surface area contributed by atoms with Crippen molar-refractivity contribution < 1.29 is 13.5 Å². The molecule has 0 aromatic rings. The number of rotatable bonds is 3. The monoisotopic (exact) mass is 206 g/mol. The van der Waals surface area contributed by atoms with E-state index in [1.165, 1.54) is 4.31 Å². The Balaban J connectivity index is 2.10. The fraction of sp³-hybridized carbons (Fsp3) is 1.00. The lowest BCUT2D eigenvalue weighted by atomic mass is 10.5. The van der Waals surface area contributed by atoms with Gasteiger partial charge in [0, 0.05) is 25.7 Å². The van der Waals surface area contributed by atoms with Crippen LogP contribution in [0.4, 0.5) is 0 Å². The lowest BCUT2D eigenvalue weighted by Crippen LogP contribution is -2.35. The molecule has 76 valence electrons.